The van der Waals surface area contributed by atoms with Crippen molar-refractivity contribution in [3.63, 3.8) is 0 Å². The molecule has 0 unspecified atom stereocenters. The SMILES string of the molecule is Cc1ccc(OCC(=O)CC(=O)COc2ccc(Br)cc2)cc1. The summed E-state index contributed by atoms with van der Waals surface area (Å²) in [5, 5.41) is 0. The lowest BCUT2D eigenvalue weighted by Crippen LogP contribution is -2.20. The maximum absolute atomic E-state index is 11.7. The number of hydrogen-bond acceptors (Lipinski definition) is 4. The molecule has 23 heavy (non-hydrogen) atoms. The summed E-state index contributed by atoms with van der Waals surface area (Å²) in [5.41, 5.74) is 1.11. The van der Waals surface area contributed by atoms with Crippen LogP contribution in [0, 0.1) is 6.92 Å². The van der Waals surface area contributed by atoms with Gasteiger partial charge in [0.15, 0.2) is 11.6 Å². The van der Waals surface area contributed by atoms with Crippen molar-refractivity contribution in [3.8, 4) is 11.5 Å². The van der Waals surface area contributed by atoms with Crippen molar-refractivity contribution in [2.24, 2.45) is 0 Å². The molecule has 2 rings (SSSR count). The number of halogens is 1. The molecule has 0 amide bonds. The van der Waals surface area contributed by atoms with E-state index in [1.807, 2.05) is 31.2 Å². The molecule has 0 aliphatic heterocycles. The van der Waals surface area contributed by atoms with Crippen LogP contribution in [0.15, 0.2) is 53.0 Å². The van der Waals surface area contributed by atoms with E-state index in [0.29, 0.717) is 11.5 Å². The van der Waals surface area contributed by atoms with Gasteiger partial charge in [0.2, 0.25) is 0 Å². The summed E-state index contributed by atoms with van der Waals surface area (Å²) in [7, 11) is 0. The molecular weight excluding hydrogens is 360 g/mol. The lowest BCUT2D eigenvalue weighted by molar-refractivity contribution is -0.129. The molecule has 0 atom stereocenters. The highest BCUT2D eigenvalue weighted by Crippen LogP contribution is 2.16. The number of ether oxygens (including phenoxy) is 2. The molecule has 0 aliphatic carbocycles. The topological polar surface area (TPSA) is 52.6 Å². The lowest BCUT2D eigenvalue weighted by atomic mass is 10.2. The van der Waals surface area contributed by atoms with Crippen LogP contribution in [-0.4, -0.2) is 24.8 Å². The molecule has 0 fully saturated rings. The number of ketones is 2. The highest BCUT2D eigenvalue weighted by molar-refractivity contribution is 9.10. The molecule has 5 heteroatoms. The Morgan fingerprint density at radius 3 is 1.74 bits per heavy atom. The van der Waals surface area contributed by atoms with Crippen molar-refractivity contribution in [1.29, 1.82) is 0 Å². The van der Waals surface area contributed by atoms with E-state index in [-0.39, 0.29) is 31.2 Å². The van der Waals surface area contributed by atoms with Crippen LogP contribution in [-0.2, 0) is 9.59 Å². The summed E-state index contributed by atoms with van der Waals surface area (Å²) >= 11 is 3.32. The quantitative estimate of drug-likeness (QED) is 0.658. The van der Waals surface area contributed by atoms with Crippen LogP contribution in [0.25, 0.3) is 0 Å². The van der Waals surface area contributed by atoms with E-state index in [2.05, 4.69) is 15.9 Å². The van der Waals surface area contributed by atoms with E-state index in [0.717, 1.165) is 10.0 Å². The highest BCUT2D eigenvalue weighted by Gasteiger charge is 2.11. The predicted molar refractivity (Wildman–Crippen MR) is 90.9 cm³/mol. The van der Waals surface area contributed by atoms with Gasteiger partial charge in [-0.1, -0.05) is 33.6 Å². The largest absolute Gasteiger partial charge is 0.486 e. The molecule has 0 bridgehead atoms. The average Bonchev–Trinajstić information content (AvgIpc) is 2.54. The zero-order chi connectivity index (χ0) is 16.7. The van der Waals surface area contributed by atoms with Gasteiger partial charge in [0.05, 0.1) is 6.42 Å². The normalized spacial score (nSPS) is 10.2. The number of benzene rings is 2. The van der Waals surface area contributed by atoms with Gasteiger partial charge >= 0.3 is 0 Å². The van der Waals surface area contributed by atoms with Gasteiger partial charge in [0, 0.05) is 4.47 Å². The fourth-order valence-electron chi connectivity index (χ4n) is 1.81. The summed E-state index contributed by atoms with van der Waals surface area (Å²) < 4.78 is 11.6. The molecule has 120 valence electrons. The molecule has 0 spiro atoms. The molecule has 4 nitrogen and oxygen atoms in total. The first-order valence-corrected chi connectivity index (χ1v) is 7.93. The fraction of sp³-hybridized carbons (Fsp3) is 0.222. The van der Waals surface area contributed by atoms with Crippen LogP contribution < -0.4 is 9.47 Å². The number of carbonyl (C=O) groups is 2. The Hall–Kier alpha value is -2.14. The zero-order valence-electron chi connectivity index (χ0n) is 12.8. The molecule has 0 aliphatic rings. The monoisotopic (exact) mass is 376 g/mol. The fourth-order valence-corrected chi connectivity index (χ4v) is 2.08. The summed E-state index contributed by atoms with van der Waals surface area (Å²) in [4.78, 5) is 23.5. The van der Waals surface area contributed by atoms with Gasteiger partial charge in [-0.15, -0.1) is 0 Å². The van der Waals surface area contributed by atoms with Crippen molar-refractivity contribution >= 4 is 27.5 Å². The van der Waals surface area contributed by atoms with E-state index >= 15 is 0 Å². The third kappa shape index (κ3) is 6.24. The van der Waals surface area contributed by atoms with Gasteiger partial charge in [-0.25, -0.2) is 0 Å². The van der Waals surface area contributed by atoms with Crippen molar-refractivity contribution in [2.75, 3.05) is 13.2 Å². The molecular formula is C18H17BrO4. The number of carbonyl (C=O) groups excluding carboxylic acids is 2. The Balaban J connectivity index is 1.70. The number of hydrogen-bond donors (Lipinski definition) is 0. The van der Waals surface area contributed by atoms with Crippen LogP contribution in [0.3, 0.4) is 0 Å². The Morgan fingerprint density at radius 2 is 1.26 bits per heavy atom. The van der Waals surface area contributed by atoms with Crippen molar-refractivity contribution < 1.29 is 19.1 Å². The number of aryl methyl sites for hydroxylation is 1. The standard InChI is InChI=1S/C18H17BrO4/c1-13-2-6-17(7-3-13)22-11-15(20)10-16(21)12-23-18-8-4-14(19)5-9-18/h2-9H,10-12H2,1H3. The molecule has 0 heterocycles. The van der Waals surface area contributed by atoms with Crippen LogP contribution in [0.5, 0.6) is 11.5 Å². The maximum atomic E-state index is 11.7. The van der Waals surface area contributed by atoms with Crippen molar-refractivity contribution in [2.45, 2.75) is 13.3 Å². The Labute approximate surface area is 143 Å². The number of Topliss-reactive ketones (excluding diaryl/α,β-unsaturated/α-hetero) is 2. The highest BCUT2D eigenvalue weighted by atomic mass is 79.9. The smallest absolute Gasteiger partial charge is 0.177 e. The molecule has 0 saturated carbocycles. The van der Waals surface area contributed by atoms with E-state index in [1.54, 1.807) is 24.3 Å². The summed E-state index contributed by atoms with van der Waals surface area (Å²) in [5.74, 6) is 0.660. The molecule has 0 radical (unpaired) electrons. The third-order valence-electron chi connectivity index (χ3n) is 3.03. The van der Waals surface area contributed by atoms with Gasteiger partial charge in [-0.2, -0.15) is 0 Å². The Morgan fingerprint density at radius 1 is 0.826 bits per heavy atom. The first-order chi connectivity index (χ1) is 11.0. The zero-order valence-corrected chi connectivity index (χ0v) is 14.3. The lowest BCUT2D eigenvalue weighted by Gasteiger charge is -2.07. The second-order valence-electron chi connectivity index (χ2n) is 5.10. The molecule has 0 saturated heterocycles. The van der Waals surface area contributed by atoms with Crippen molar-refractivity contribution in [1.82, 2.24) is 0 Å². The van der Waals surface area contributed by atoms with E-state index < -0.39 is 0 Å². The summed E-state index contributed by atoms with van der Waals surface area (Å²) in [6, 6.07) is 14.5. The Bertz CT molecular complexity index is 603. The summed E-state index contributed by atoms with van der Waals surface area (Å²) in [6.07, 6.45) is -0.192. The first kappa shape index (κ1) is 17.2. The van der Waals surface area contributed by atoms with Gasteiger partial charge in [-0.3, -0.25) is 9.59 Å². The minimum atomic E-state index is -0.273. The second kappa shape index (κ2) is 8.48. The molecule has 0 aromatic heterocycles. The van der Waals surface area contributed by atoms with Gasteiger partial charge in [-0.05, 0) is 43.3 Å². The number of rotatable bonds is 8. The van der Waals surface area contributed by atoms with Crippen LogP contribution in [0.2, 0.25) is 0 Å². The van der Waals surface area contributed by atoms with Gasteiger partial charge in [0.1, 0.15) is 24.7 Å². The van der Waals surface area contributed by atoms with E-state index in [4.69, 9.17) is 9.47 Å². The minimum absolute atomic E-state index is 0.118. The second-order valence-corrected chi connectivity index (χ2v) is 6.01. The average molecular weight is 377 g/mol. The molecule has 2 aromatic carbocycles. The van der Waals surface area contributed by atoms with E-state index in [9.17, 15) is 9.59 Å². The minimum Gasteiger partial charge on any atom is -0.486 e. The molecule has 0 N–H and O–H groups in total. The van der Waals surface area contributed by atoms with Crippen LogP contribution in [0.4, 0.5) is 0 Å². The van der Waals surface area contributed by atoms with E-state index in [1.165, 1.54) is 0 Å². The molecule has 2 aromatic rings. The van der Waals surface area contributed by atoms with Gasteiger partial charge in [0.25, 0.3) is 0 Å². The third-order valence-corrected chi connectivity index (χ3v) is 3.56. The maximum Gasteiger partial charge on any atom is 0.177 e. The Kier molecular flexibility index (Phi) is 6.35. The summed E-state index contributed by atoms with van der Waals surface area (Å²) in [6.45, 7) is 1.73. The van der Waals surface area contributed by atoms with Gasteiger partial charge < -0.3 is 9.47 Å². The van der Waals surface area contributed by atoms with Crippen LogP contribution >= 0.6 is 15.9 Å². The first-order valence-electron chi connectivity index (χ1n) is 7.14. The van der Waals surface area contributed by atoms with Crippen LogP contribution in [0.1, 0.15) is 12.0 Å². The predicted octanol–water partition coefficient (Wildman–Crippen LogP) is 3.74. The van der Waals surface area contributed by atoms with Crippen molar-refractivity contribution in [3.05, 3.63) is 58.6 Å².